The van der Waals surface area contributed by atoms with Crippen molar-refractivity contribution in [1.29, 1.82) is 0 Å². The third-order valence-electron chi connectivity index (χ3n) is 2.63. The van der Waals surface area contributed by atoms with Gasteiger partial charge in [0, 0.05) is 18.7 Å². The van der Waals surface area contributed by atoms with Crippen LogP contribution in [0, 0.1) is 17.0 Å². The zero-order chi connectivity index (χ0) is 14.5. The predicted molar refractivity (Wildman–Crippen MR) is 76.3 cm³/mol. The summed E-state index contributed by atoms with van der Waals surface area (Å²) in [6.45, 7) is 4.58. The van der Waals surface area contributed by atoms with Crippen LogP contribution in [-0.4, -0.2) is 16.5 Å². The number of aryl methyl sites for hydroxylation is 1. The number of rotatable bonds is 5. The van der Waals surface area contributed by atoms with Crippen molar-refractivity contribution in [3.63, 3.8) is 0 Å². The van der Waals surface area contributed by atoms with E-state index in [2.05, 4.69) is 10.3 Å². The van der Waals surface area contributed by atoms with Gasteiger partial charge in [-0.2, -0.15) is 0 Å². The van der Waals surface area contributed by atoms with Gasteiger partial charge in [0.2, 0.25) is 5.75 Å². The molecule has 1 heterocycles. The largest absolute Gasteiger partial charge is 0.448 e. The van der Waals surface area contributed by atoms with Crippen molar-refractivity contribution in [3.05, 3.63) is 52.3 Å². The summed E-state index contributed by atoms with van der Waals surface area (Å²) >= 11 is 0. The Balaban J connectivity index is 2.31. The van der Waals surface area contributed by atoms with Gasteiger partial charge < -0.3 is 10.1 Å². The maximum atomic E-state index is 11.0. The lowest BCUT2D eigenvalue weighted by Gasteiger charge is -2.08. The molecule has 0 aliphatic carbocycles. The van der Waals surface area contributed by atoms with Gasteiger partial charge >= 0.3 is 5.69 Å². The standard InChI is InChI=1S/C14H15N3O3/c1-3-16-11-7-12(9-15-8-11)20-14-6-10(2)4-5-13(14)17(18)19/h4-9,16H,3H2,1-2H3. The van der Waals surface area contributed by atoms with Crippen LogP contribution >= 0.6 is 0 Å². The molecule has 0 radical (unpaired) electrons. The van der Waals surface area contributed by atoms with E-state index in [1.54, 1.807) is 24.4 Å². The molecule has 20 heavy (non-hydrogen) atoms. The second-order valence-corrected chi connectivity index (χ2v) is 4.27. The molecule has 0 atom stereocenters. The molecule has 0 unspecified atom stereocenters. The second kappa shape index (κ2) is 6.01. The molecule has 0 bridgehead atoms. The number of nitro groups is 1. The van der Waals surface area contributed by atoms with Gasteiger partial charge in [-0.15, -0.1) is 0 Å². The van der Waals surface area contributed by atoms with Gasteiger partial charge in [-0.1, -0.05) is 6.07 Å². The summed E-state index contributed by atoms with van der Waals surface area (Å²) in [7, 11) is 0. The molecule has 1 N–H and O–H groups in total. The van der Waals surface area contributed by atoms with Gasteiger partial charge in [0.15, 0.2) is 0 Å². The van der Waals surface area contributed by atoms with Crippen molar-refractivity contribution < 1.29 is 9.66 Å². The SMILES string of the molecule is CCNc1cncc(Oc2cc(C)ccc2[N+](=O)[O-])c1. The Morgan fingerprint density at radius 3 is 2.85 bits per heavy atom. The molecular weight excluding hydrogens is 258 g/mol. The highest BCUT2D eigenvalue weighted by Gasteiger charge is 2.15. The number of hydrogen-bond acceptors (Lipinski definition) is 5. The molecule has 0 aliphatic rings. The maximum absolute atomic E-state index is 11.0. The van der Waals surface area contributed by atoms with Crippen LogP contribution in [0.25, 0.3) is 0 Å². The fourth-order valence-electron chi connectivity index (χ4n) is 1.76. The number of anilines is 1. The summed E-state index contributed by atoms with van der Waals surface area (Å²) < 4.78 is 5.59. The Bertz CT molecular complexity index is 629. The third-order valence-corrected chi connectivity index (χ3v) is 2.63. The van der Waals surface area contributed by atoms with Crippen molar-refractivity contribution in [1.82, 2.24) is 4.98 Å². The molecule has 0 saturated heterocycles. The number of hydrogen-bond donors (Lipinski definition) is 1. The minimum atomic E-state index is -0.462. The summed E-state index contributed by atoms with van der Waals surface area (Å²) in [5.74, 6) is 0.669. The fourth-order valence-corrected chi connectivity index (χ4v) is 1.76. The van der Waals surface area contributed by atoms with Crippen LogP contribution < -0.4 is 10.1 Å². The Morgan fingerprint density at radius 2 is 2.15 bits per heavy atom. The first-order valence-electron chi connectivity index (χ1n) is 6.22. The van der Waals surface area contributed by atoms with Crippen LogP contribution in [0.3, 0.4) is 0 Å². The average molecular weight is 273 g/mol. The van der Waals surface area contributed by atoms with Gasteiger partial charge in [-0.05, 0) is 25.5 Å². The molecule has 0 fully saturated rings. The molecule has 2 rings (SSSR count). The van der Waals surface area contributed by atoms with E-state index in [1.807, 2.05) is 13.8 Å². The van der Waals surface area contributed by atoms with Gasteiger partial charge in [-0.25, -0.2) is 0 Å². The van der Waals surface area contributed by atoms with E-state index >= 15 is 0 Å². The zero-order valence-corrected chi connectivity index (χ0v) is 11.3. The van der Waals surface area contributed by atoms with Crippen LogP contribution in [0.1, 0.15) is 12.5 Å². The highest BCUT2D eigenvalue weighted by molar-refractivity contribution is 5.52. The van der Waals surface area contributed by atoms with E-state index in [-0.39, 0.29) is 11.4 Å². The lowest BCUT2D eigenvalue weighted by atomic mass is 10.2. The minimum absolute atomic E-state index is 0.0653. The highest BCUT2D eigenvalue weighted by Crippen LogP contribution is 2.32. The normalized spacial score (nSPS) is 10.1. The monoisotopic (exact) mass is 273 g/mol. The number of pyridine rings is 1. The van der Waals surface area contributed by atoms with Crippen LogP contribution in [0.2, 0.25) is 0 Å². The first-order chi connectivity index (χ1) is 9.60. The number of nitrogens with zero attached hydrogens (tertiary/aromatic N) is 2. The number of ether oxygens (including phenoxy) is 1. The quantitative estimate of drug-likeness (QED) is 0.666. The Hall–Kier alpha value is -2.63. The molecule has 1 aromatic heterocycles. The lowest BCUT2D eigenvalue weighted by molar-refractivity contribution is -0.385. The van der Waals surface area contributed by atoms with Gasteiger partial charge in [0.05, 0.1) is 23.0 Å². The fraction of sp³-hybridized carbons (Fsp3) is 0.214. The number of aromatic nitrogens is 1. The third kappa shape index (κ3) is 3.23. The van der Waals surface area contributed by atoms with Crippen molar-refractivity contribution in [2.45, 2.75) is 13.8 Å². The maximum Gasteiger partial charge on any atom is 0.311 e. The number of nitrogens with one attached hydrogen (secondary N) is 1. The number of benzene rings is 1. The first-order valence-corrected chi connectivity index (χ1v) is 6.22. The van der Waals surface area contributed by atoms with E-state index in [1.165, 1.54) is 12.3 Å². The van der Waals surface area contributed by atoms with E-state index in [4.69, 9.17) is 4.74 Å². The zero-order valence-electron chi connectivity index (χ0n) is 11.3. The minimum Gasteiger partial charge on any atom is -0.448 e. The summed E-state index contributed by atoms with van der Waals surface area (Å²) in [6, 6.07) is 6.51. The van der Waals surface area contributed by atoms with Crippen molar-refractivity contribution in [2.24, 2.45) is 0 Å². The van der Waals surface area contributed by atoms with Crippen LogP contribution in [0.5, 0.6) is 11.5 Å². The first kappa shape index (κ1) is 13.8. The van der Waals surface area contributed by atoms with Crippen LogP contribution in [0.4, 0.5) is 11.4 Å². The smallest absolute Gasteiger partial charge is 0.311 e. The lowest BCUT2D eigenvalue weighted by Crippen LogP contribution is -1.98. The predicted octanol–water partition coefficient (Wildman–Crippen LogP) is 3.52. The Morgan fingerprint density at radius 1 is 1.35 bits per heavy atom. The van der Waals surface area contributed by atoms with E-state index < -0.39 is 4.92 Å². The molecule has 0 saturated carbocycles. The Kier molecular flexibility index (Phi) is 4.14. The summed E-state index contributed by atoms with van der Waals surface area (Å²) in [5.41, 5.74) is 1.63. The van der Waals surface area contributed by atoms with Crippen LogP contribution in [-0.2, 0) is 0 Å². The average Bonchev–Trinajstić information content (AvgIpc) is 2.39. The van der Waals surface area contributed by atoms with Crippen molar-refractivity contribution >= 4 is 11.4 Å². The molecule has 2 aromatic rings. The van der Waals surface area contributed by atoms with E-state index in [9.17, 15) is 10.1 Å². The molecule has 0 aliphatic heterocycles. The van der Waals surface area contributed by atoms with Crippen LogP contribution in [0.15, 0.2) is 36.7 Å². The van der Waals surface area contributed by atoms with Gasteiger partial charge in [0.1, 0.15) is 5.75 Å². The van der Waals surface area contributed by atoms with Gasteiger partial charge in [-0.3, -0.25) is 15.1 Å². The topological polar surface area (TPSA) is 77.3 Å². The molecule has 104 valence electrons. The summed E-state index contributed by atoms with van der Waals surface area (Å²) in [6.07, 6.45) is 3.19. The molecule has 6 nitrogen and oxygen atoms in total. The molecule has 1 aromatic carbocycles. The molecule has 6 heteroatoms. The van der Waals surface area contributed by atoms with Crippen molar-refractivity contribution in [3.8, 4) is 11.5 Å². The molecule has 0 amide bonds. The summed E-state index contributed by atoms with van der Waals surface area (Å²) in [4.78, 5) is 14.6. The molecular formula is C14H15N3O3. The molecule has 0 spiro atoms. The summed E-state index contributed by atoms with van der Waals surface area (Å²) in [5, 5.41) is 14.1. The Labute approximate surface area is 116 Å². The number of nitro benzene ring substituents is 1. The highest BCUT2D eigenvalue weighted by atomic mass is 16.6. The van der Waals surface area contributed by atoms with E-state index in [0.29, 0.717) is 5.75 Å². The second-order valence-electron chi connectivity index (χ2n) is 4.27. The van der Waals surface area contributed by atoms with E-state index in [0.717, 1.165) is 17.8 Å². The van der Waals surface area contributed by atoms with Crippen molar-refractivity contribution in [2.75, 3.05) is 11.9 Å². The van der Waals surface area contributed by atoms with Gasteiger partial charge in [0.25, 0.3) is 0 Å².